The van der Waals surface area contributed by atoms with Crippen LogP contribution in [-0.4, -0.2) is 41.5 Å². The van der Waals surface area contributed by atoms with Crippen LogP contribution in [0.3, 0.4) is 0 Å². The number of amides is 3. The van der Waals surface area contributed by atoms with Gasteiger partial charge in [-0.1, -0.05) is 60.7 Å². The molecule has 1 aliphatic rings. The van der Waals surface area contributed by atoms with Crippen LogP contribution in [0.25, 0.3) is 0 Å². The smallest absolute Gasteiger partial charge is 0.298 e. The molecule has 0 bridgehead atoms. The molecule has 1 aliphatic heterocycles. The van der Waals surface area contributed by atoms with Gasteiger partial charge in [0.25, 0.3) is 5.91 Å². The Bertz CT molecular complexity index is 849. The first-order valence-electron chi connectivity index (χ1n) is 8.83. The van der Waals surface area contributed by atoms with Crippen molar-refractivity contribution in [2.45, 2.75) is 12.8 Å². The third kappa shape index (κ3) is 4.28. The molecule has 3 rings (SSSR count). The lowest BCUT2D eigenvalue weighted by Crippen LogP contribution is -2.39. The summed E-state index contributed by atoms with van der Waals surface area (Å²) in [5.41, 5.74) is 1.98. The number of benzene rings is 2. The van der Waals surface area contributed by atoms with Gasteiger partial charge in [0, 0.05) is 13.1 Å². The van der Waals surface area contributed by atoms with E-state index in [2.05, 4.69) is 5.32 Å². The van der Waals surface area contributed by atoms with E-state index < -0.39 is 29.4 Å². The fourth-order valence-corrected chi connectivity index (χ4v) is 3.03. The second kappa shape index (κ2) is 8.40. The zero-order valence-corrected chi connectivity index (χ0v) is 14.8. The van der Waals surface area contributed by atoms with Crippen LogP contribution < -0.4 is 5.32 Å². The van der Waals surface area contributed by atoms with Crippen LogP contribution in [-0.2, 0) is 32.0 Å². The topological polar surface area (TPSA) is 83.6 Å². The van der Waals surface area contributed by atoms with Gasteiger partial charge in [0.05, 0.1) is 0 Å². The van der Waals surface area contributed by atoms with Crippen LogP contribution >= 0.6 is 0 Å². The monoisotopic (exact) mass is 364 g/mol. The van der Waals surface area contributed by atoms with Gasteiger partial charge in [-0.15, -0.1) is 0 Å². The lowest BCUT2D eigenvalue weighted by atomic mass is 10.1. The van der Waals surface area contributed by atoms with Gasteiger partial charge >= 0.3 is 0 Å². The number of hydrogen-bond donors (Lipinski definition) is 1. The largest absolute Gasteiger partial charge is 0.355 e. The molecule has 27 heavy (non-hydrogen) atoms. The summed E-state index contributed by atoms with van der Waals surface area (Å²) >= 11 is 0. The van der Waals surface area contributed by atoms with E-state index in [4.69, 9.17) is 0 Å². The van der Waals surface area contributed by atoms with E-state index in [1.54, 1.807) is 0 Å². The summed E-state index contributed by atoms with van der Waals surface area (Å²) in [5.74, 6) is -4.87. The minimum absolute atomic E-state index is 0.0845. The molecule has 0 saturated carbocycles. The maximum atomic E-state index is 12.4. The molecule has 0 aliphatic carbocycles. The average molecular weight is 364 g/mol. The van der Waals surface area contributed by atoms with E-state index in [-0.39, 0.29) is 13.1 Å². The third-order valence-corrected chi connectivity index (χ3v) is 4.52. The summed E-state index contributed by atoms with van der Waals surface area (Å²) in [6.07, 6.45) is 1.02. The van der Waals surface area contributed by atoms with Crippen molar-refractivity contribution >= 4 is 23.5 Å². The van der Waals surface area contributed by atoms with Crippen molar-refractivity contribution in [2.24, 2.45) is 5.92 Å². The molecular formula is C21H20N2O4. The second-order valence-corrected chi connectivity index (χ2v) is 6.35. The van der Waals surface area contributed by atoms with Crippen molar-refractivity contribution in [3.63, 3.8) is 0 Å². The zero-order chi connectivity index (χ0) is 19.2. The highest BCUT2D eigenvalue weighted by atomic mass is 16.2. The first-order valence-corrected chi connectivity index (χ1v) is 8.83. The van der Waals surface area contributed by atoms with Crippen LogP contribution in [0.2, 0.25) is 0 Å². The molecule has 0 radical (unpaired) electrons. The molecule has 0 spiro atoms. The Kier molecular flexibility index (Phi) is 5.76. The molecule has 2 aromatic carbocycles. The number of Topliss-reactive ketones (excluding diaryl/α,β-unsaturated/α-hetero) is 1. The quantitative estimate of drug-likeness (QED) is 0.454. The molecule has 6 nitrogen and oxygen atoms in total. The lowest BCUT2D eigenvalue weighted by molar-refractivity contribution is -0.143. The molecule has 1 atom stereocenters. The molecule has 6 heteroatoms. The van der Waals surface area contributed by atoms with E-state index >= 15 is 0 Å². The molecule has 1 saturated heterocycles. The molecule has 0 aromatic heterocycles. The van der Waals surface area contributed by atoms with Gasteiger partial charge < -0.3 is 5.32 Å². The summed E-state index contributed by atoms with van der Waals surface area (Å²) in [6.45, 7) is 0.374. The van der Waals surface area contributed by atoms with Gasteiger partial charge in [0.1, 0.15) is 0 Å². The Morgan fingerprint density at radius 3 is 2.00 bits per heavy atom. The number of carbonyl (C=O) groups is 4. The highest BCUT2D eigenvalue weighted by molar-refractivity contribution is 6.52. The first kappa shape index (κ1) is 18.5. The average Bonchev–Trinajstić information content (AvgIpc) is 2.90. The van der Waals surface area contributed by atoms with Gasteiger partial charge in [-0.25, -0.2) is 0 Å². The number of carbonyl (C=O) groups excluding carboxylic acids is 4. The minimum atomic E-state index is -1.57. The zero-order valence-electron chi connectivity index (χ0n) is 14.8. The van der Waals surface area contributed by atoms with Gasteiger partial charge in [-0.2, -0.15) is 0 Å². The van der Waals surface area contributed by atoms with Crippen LogP contribution in [0.1, 0.15) is 11.1 Å². The Morgan fingerprint density at radius 1 is 0.852 bits per heavy atom. The molecule has 1 heterocycles. The Labute approximate surface area is 157 Å². The van der Waals surface area contributed by atoms with Crippen molar-refractivity contribution in [3.05, 3.63) is 71.8 Å². The lowest BCUT2D eigenvalue weighted by Gasteiger charge is -2.13. The van der Waals surface area contributed by atoms with E-state index in [1.165, 1.54) is 0 Å². The highest BCUT2D eigenvalue weighted by Gasteiger charge is 2.50. The van der Waals surface area contributed by atoms with Crippen molar-refractivity contribution in [3.8, 4) is 0 Å². The molecule has 2 aromatic rings. The van der Waals surface area contributed by atoms with Crippen molar-refractivity contribution in [1.29, 1.82) is 0 Å². The number of nitrogens with one attached hydrogen (secondary N) is 1. The van der Waals surface area contributed by atoms with Crippen LogP contribution in [0.4, 0.5) is 0 Å². The Balaban J connectivity index is 1.57. The standard InChI is InChI=1S/C21H20N2O4/c24-18-17(19(25)22-13-11-15-7-3-1-4-8-15)20(26)23(21(18)27)14-12-16-9-5-2-6-10-16/h1-10,17H,11-14H2,(H,22,25)/t17-/m1/s1. The van der Waals surface area contributed by atoms with Crippen LogP contribution in [0, 0.1) is 5.92 Å². The van der Waals surface area contributed by atoms with Crippen molar-refractivity contribution in [1.82, 2.24) is 10.2 Å². The van der Waals surface area contributed by atoms with Gasteiger partial charge in [-0.05, 0) is 24.0 Å². The second-order valence-electron chi connectivity index (χ2n) is 6.35. The molecule has 138 valence electrons. The van der Waals surface area contributed by atoms with E-state index in [0.717, 1.165) is 16.0 Å². The predicted octanol–water partition coefficient (Wildman–Crippen LogP) is 1.14. The van der Waals surface area contributed by atoms with E-state index in [1.807, 2.05) is 60.7 Å². The summed E-state index contributed by atoms with van der Waals surface area (Å²) in [4.78, 5) is 49.9. The number of hydrogen-bond acceptors (Lipinski definition) is 4. The molecular weight excluding hydrogens is 344 g/mol. The first-order chi connectivity index (χ1) is 13.1. The molecule has 1 fully saturated rings. The summed E-state index contributed by atoms with van der Waals surface area (Å²) in [7, 11) is 0. The summed E-state index contributed by atoms with van der Waals surface area (Å²) in [5, 5.41) is 2.59. The molecule has 3 amide bonds. The Morgan fingerprint density at radius 2 is 1.41 bits per heavy atom. The summed E-state index contributed by atoms with van der Waals surface area (Å²) < 4.78 is 0. The van der Waals surface area contributed by atoms with Crippen molar-refractivity contribution in [2.75, 3.05) is 13.1 Å². The van der Waals surface area contributed by atoms with Gasteiger partial charge in [0.2, 0.25) is 17.6 Å². The predicted molar refractivity (Wildman–Crippen MR) is 98.5 cm³/mol. The third-order valence-electron chi connectivity index (χ3n) is 4.52. The number of nitrogens with zero attached hydrogens (tertiary/aromatic N) is 1. The van der Waals surface area contributed by atoms with E-state index in [9.17, 15) is 19.2 Å². The number of ketones is 1. The number of rotatable bonds is 7. The fourth-order valence-electron chi connectivity index (χ4n) is 3.03. The van der Waals surface area contributed by atoms with Crippen LogP contribution in [0.15, 0.2) is 60.7 Å². The van der Waals surface area contributed by atoms with Gasteiger partial charge in [0.15, 0.2) is 5.92 Å². The molecule has 1 N–H and O–H groups in total. The Hall–Kier alpha value is -3.28. The highest BCUT2D eigenvalue weighted by Crippen LogP contribution is 2.17. The SMILES string of the molecule is O=C(NCCc1ccccc1)[C@H]1C(=O)C(=O)N(CCc2ccccc2)C1=O. The molecule has 0 unspecified atom stereocenters. The maximum absolute atomic E-state index is 12.4. The summed E-state index contributed by atoms with van der Waals surface area (Å²) in [6, 6.07) is 18.9. The van der Waals surface area contributed by atoms with Crippen molar-refractivity contribution < 1.29 is 19.2 Å². The minimum Gasteiger partial charge on any atom is -0.355 e. The van der Waals surface area contributed by atoms with E-state index in [0.29, 0.717) is 12.8 Å². The fraction of sp³-hybridized carbons (Fsp3) is 0.238. The normalized spacial score (nSPS) is 16.7. The van der Waals surface area contributed by atoms with Crippen LogP contribution in [0.5, 0.6) is 0 Å². The number of likely N-dealkylation sites (tertiary alicyclic amines) is 1. The number of imide groups is 1. The van der Waals surface area contributed by atoms with Gasteiger partial charge in [-0.3, -0.25) is 24.1 Å². The maximum Gasteiger partial charge on any atom is 0.298 e.